The number of carbonyl (C=O) groups excluding carboxylic acids is 2. The molecule has 5 rings (SSSR count). The quantitative estimate of drug-likeness (QED) is 0.486. The highest BCUT2D eigenvalue weighted by Gasteiger charge is 2.53. The van der Waals surface area contributed by atoms with Crippen LogP contribution in [0, 0.1) is 17.8 Å². The van der Waals surface area contributed by atoms with Gasteiger partial charge in [-0.1, -0.05) is 6.92 Å². The number of fused-ring (bicyclic) bond motifs is 2. The fraction of sp³-hybridized carbons (Fsp3) is 0.909. The molecule has 3 aliphatic heterocycles. The molecule has 2 amide bonds. The second kappa shape index (κ2) is 7.93. The number of piperidine rings is 1. The maximum absolute atomic E-state index is 14.0. The van der Waals surface area contributed by atoms with Gasteiger partial charge in [-0.25, -0.2) is 9.82 Å². The number of aliphatic hydroxyl groups excluding tert-OH is 1. The molecule has 5 fully saturated rings. The number of nitrogens with one attached hydrogen (secondary N) is 3. The molecule has 0 aromatic heterocycles. The lowest BCUT2D eigenvalue weighted by Crippen LogP contribution is -2.56. The fourth-order valence-corrected chi connectivity index (χ4v) is 6.53. The summed E-state index contributed by atoms with van der Waals surface area (Å²) in [7, 11) is 1.77. The van der Waals surface area contributed by atoms with Crippen LogP contribution >= 0.6 is 0 Å². The maximum Gasteiger partial charge on any atom is 0.241 e. The molecule has 0 aromatic rings. The first-order chi connectivity index (χ1) is 14.8. The average molecular weight is 438 g/mol. The number of likely N-dealkylation sites (tertiary alicyclic amines) is 1. The third kappa shape index (κ3) is 3.67. The normalized spacial score (nSPS) is 43.3. The van der Waals surface area contributed by atoms with Gasteiger partial charge in [-0.3, -0.25) is 15.0 Å². The Balaban J connectivity index is 1.23. The lowest BCUT2D eigenvalue weighted by molar-refractivity contribution is -0.140. The molecule has 5 aliphatic rings. The van der Waals surface area contributed by atoms with Crippen LogP contribution in [0.4, 0.5) is 4.39 Å². The van der Waals surface area contributed by atoms with Crippen molar-refractivity contribution in [3.05, 3.63) is 0 Å². The maximum atomic E-state index is 14.0. The number of hydrogen-bond donors (Lipinski definition) is 4. The Kier molecular flexibility index (Phi) is 5.52. The van der Waals surface area contributed by atoms with Crippen LogP contribution in [0.5, 0.6) is 0 Å². The molecule has 3 saturated heterocycles. The first-order valence-electron chi connectivity index (χ1n) is 11.9. The Morgan fingerprint density at radius 1 is 1.16 bits per heavy atom. The van der Waals surface area contributed by atoms with Crippen molar-refractivity contribution < 1.29 is 19.1 Å². The van der Waals surface area contributed by atoms with E-state index in [9.17, 15) is 19.1 Å². The Labute approximate surface area is 183 Å². The van der Waals surface area contributed by atoms with Gasteiger partial charge in [0.15, 0.2) is 0 Å². The third-order valence-corrected chi connectivity index (χ3v) is 8.86. The predicted octanol–water partition coefficient (Wildman–Crippen LogP) is -0.222. The van der Waals surface area contributed by atoms with E-state index in [0.29, 0.717) is 37.8 Å². The van der Waals surface area contributed by atoms with Crippen LogP contribution in [0.3, 0.4) is 0 Å². The van der Waals surface area contributed by atoms with Crippen LogP contribution in [0.2, 0.25) is 0 Å². The van der Waals surface area contributed by atoms with Crippen LogP contribution in [-0.4, -0.2) is 89.3 Å². The summed E-state index contributed by atoms with van der Waals surface area (Å²) in [4.78, 5) is 30.1. The van der Waals surface area contributed by atoms with Gasteiger partial charge in [-0.2, -0.15) is 0 Å². The zero-order chi connectivity index (χ0) is 21.9. The summed E-state index contributed by atoms with van der Waals surface area (Å²) in [6.07, 6.45) is 3.57. The van der Waals surface area contributed by atoms with Crippen molar-refractivity contribution in [2.45, 2.75) is 81.3 Å². The monoisotopic (exact) mass is 437 g/mol. The molecule has 8 atom stereocenters. The van der Waals surface area contributed by atoms with Gasteiger partial charge < -0.3 is 20.2 Å². The predicted molar refractivity (Wildman–Crippen MR) is 112 cm³/mol. The molecule has 2 saturated carbocycles. The molecule has 0 spiro atoms. The smallest absolute Gasteiger partial charge is 0.241 e. The number of carbonyl (C=O) groups is 2. The number of amides is 2. The molecule has 9 heteroatoms. The Morgan fingerprint density at radius 2 is 1.94 bits per heavy atom. The highest BCUT2D eigenvalue weighted by Crippen LogP contribution is 2.42. The van der Waals surface area contributed by atoms with Crippen LogP contribution in [0.1, 0.15) is 45.4 Å². The molecule has 31 heavy (non-hydrogen) atoms. The van der Waals surface area contributed by atoms with E-state index >= 15 is 0 Å². The van der Waals surface area contributed by atoms with Gasteiger partial charge in [-0.05, 0) is 50.4 Å². The molecule has 4 N–H and O–H groups in total. The zero-order valence-corrected chi connectivity index (χ0v) is 18.5. The van der Waals surface area contributed by atoms with Crippen LogP contribution in [0.25, 0.3) is 0 Å². The van der Waals surface area contributed by atoms with Gasteiger partial charge in [-0.15, -0.1) is 0 Å². The average Bonchev–Trinajstić information content (AvgIpc) is 3.25. The van der Waals surface area contributed by atoms with Crippen molar-refractivity contribution in [3.63, 3.8) is 0 Å². The van der Waals surface area contributed by atoms with Gasteiger partial charge in [0.05, 0.1) is 18.2 Å². The number of hydrazine groups is 1. The molecule has 0 radical (unpaired) electrons. The highest BCUT2D eigenvalue weighted by atomic mass is 19.1. The second-order valence-corrected chi connectivity index (χ2v) is 10.7. The number of alkyl halides is 1. The van der Waals surface area contributed by atoms with Gasteiger partial charge >= 0.3 is 0 Å². The van der Waals surface area contributed by atoms with Crippen molar-refractivity contribution in [2.24, 2.45) is 17.8 Å². The summed E-state index contributed by atoms with van der Waals surface area (Å²) in [5.41, 5.74) is 6.02. The Hall–Kier alpha value is -1.29. The van der Waals surface area contributed by atoms with E-state index in [0.717, 1.165) is 25.7 Å². The van der Waals surface area contributed by atoms with Crippen molar-refractivity contribution in [2.75, 3.05) is 26.7 Å². The van der Waals surface area contributed by atoms with Crippen molar-refractivity contribution in [1.29, 1.82) is 0 Å². The number of rotatable bonds is 4. The summed E-state index contributed by atoms with van der Waals surface area (Å²) >= 11 is 0. The number of hydrogen-bond acceptors (Lipinski definition) is 6. The number of likely N-dealkylation sites (N-methyl/N-ethyl adjacent to an activating group) is 1. The van der Waals surface area contributed by atoms with Gasteiger partial charge in [0, 0.05) is 38.1 Å². The lowest BCUT2D eigenvalue weighted by atomic mass is 9.76. The molecule has 0 aromatic carbocycles. The molecular weight excluding hydrogens is 401 g/mol. The highest BCUT2D eigenvalue weighted by molar-refractivity contribution is 5.85. The summed E-state index contributed by atoms with van der Waals surface area (Å²) in [5, 5.41) is 13.1. The summed E-state index contributed by atoms with van der Waals surface area (Å²) in [6.45, 7) is 3.29. The van der Waals surface area contributed by atoms with Gasteiger partial charge in [0.25, 0.3) is 0 Å². The minimum Gasteiger partial charge on any atom is -0.394 e. The minimum atomic E-state index is -0.776. The van der Waals surface area contributed by atoms with E-state index in [1.807, 2.05) is 4.90 Å². The lowest BCUT2D eigenvalue weighted by Gasteiger charge is -2.38. The van der Waals surface area contributed by atoms with E-state index in [-0.39, 0.29) is 42.5 Å². The number of aliphatic hydroxyl groups is 1. The van der Waals surface area contributed by atoms with Crippen molar-refractivity contribution >= 4 is 11.8 Å². The molecule has 3 heterocycles. The molecular formula is C22H36FN5O3. The standard InChI is InChI=1S/C22H36FN5O3/c1-12-7-13(23)8-17-14(12)9-18(24-17)20(30)28-6-3-16-15(10-28)19(26-25-16)21(31)27(2)22(11-29)4-5-22/h12-19,24-26,29H,3-11H2,1-2H3. The summed E-state index contributed by atoms with van der Waals surface area (Å²) < 4.78 is 14.0. The van der Waals surface area contributed by atoms with E-state index in [4.69, 9.17) is 0 Å². The summed E-state index contributed by atoms with van der Waals surface area (Å²) in [5.74, 6) is 0.737. The van der Waals surface area contributed by atoms with Crippen LogP contribution in [-0.2, 0) is 9.59 Å². The van der Waals surface area contributed by atoms with E-state index in [1.165, 1.54) is 0 Å². The van der Waals surface area contributed by atoms with E-state index < -0.39 is 17.8 Å². The topological polar surface area (TPSA) is 96.9 Å². The molecule has 0 bridgehead atoms. The SMILES string of the molecule is CC1CC(F)CC2NC(C(=O)N3CCC4NNC(C(=O)N(C)C5(CO)CC5)C4C3)CC12. The van der Waals surface area contributed by atoms with Crippen molar-refractivity contribution in [3.8, 4) is 0 Å². The van der Waals surface area contributed by atoms with Gasteiger partial charge in [0.1, 0.15) is 12.2 Å². The molecule has 8 unspecified atom stereocenters. The second-order valence-electron chi connectivity index (χ2n) is 10.7. The first-order valence-corrected chi connectivity index (χ1v) is 11.9. The zero-order valence-electron chi connectivity index (χ0n) is 18.5. The van der Waals surface area contributed by atoms with E-state index in [2.05, 4.69) is 23.1 Å². The van der Waals surface area contributed by atoms with Crippen molar-refractivity contribution in [1.82, 2.24) is 26.0 Å². The Morgan fingerprint density at radius 3 is 2.65 bits per heavy atom. The first kappa shape index (κ1) is 21.6. The fourth-order valence-electron chi connectivity index (χ4n) is 6.53. The van der Waals surface area contributed by atoms with E-state index in [1.54, 1.807) is 11.9 Å². The van der Waals surface area contributed by atoms with Crippen LogP contribution in [0.15, 0.2) is 0 Å². The van der Waals surface area contributed by atoms with Crippen LogP contribution < -0.4 is 16.2 Å². The summed E-state index contributed by atoms with van der Waals surface area (Å²) in [6, 6.07) is -0.401. The third-order valence-electron chi connectivity index (χ3n) is 8.86. The molecule has 2 aliphatic carbocycles. The van der Waals surface area contributed by atoms with Gasteiger partial charge in [0.2, 0.25) is 11.8 Å². The minimum absolute atomic E-state index is 0.0000285. The molecule has 8 nitrogen and oxygen atoms in total. The number of nitrogens with zero attached hydrogens (tertiary/aromatic N) is 2. The molecule has 174 valence electrons. The largest absolute Gasteiger partial charge is 0.394 e. The Bertz CT molecular complexity index is 734. The number of halogens is 1.